The molecular weight excluding hydrogens is 290 g/mol. The van der Waals surface area contributed by atoms with Crippen LogP contribution < -0.4 is 11.2 Å². The summed E-state index contributed by atoms with van der Waals surface area (Å²) in [6, 6.07) is 9.80. The zero-order valence-corrected chi connectivity index (χ0v) is 13.2. The highest BCUT2D eigenvalue weighted by atomic mass is 16.1. The van der Waals surface area contributed by atoms with Gasteiger partial charge in [-0.2, -0.15) is 0 Å². The number of nitrogens with one attached hydrogen (secondary N) is 1. The van der Waals surface area contributed by atoms with Gasteiger partial charge in [-0.1, -0.05) is 30.3 Å². The predicted molar refractivity (Wildman–Crippen MR) is 90.4 cm³/mol. The van der Waals surface area contributed by atoms with E-state index in [2.05, 4.69) is 10.3 Å². The molecule has 0 saturated carbocycles. The normalized spacial score (nSPS) is 10.9. The summed E-state index contributed by atoms with van der Waals surface area (Å²) in [5.74, 6) is 6.81. The van der Waals surface area contributed by atoms with Crippen LogP contribution in [0.1, 0.15) is 17.0 Å². The van der Waals surface area contributed by atoms with Gasteiger partial charge in [0.2, 0.25) is 6.41 Å². The van der Waals surface area contributed by atoms with Crippen molar-refractivity contribution in [3.8, 4) is 11.4 Å². The van der Waals surface area contributed by atoms with Gasteiger partial charge >= 0.3 is 0 Å². The molecule has 118 valence electrons. The van der Waals surface area contributed by atoms with Crippen molar-refractivity contribution in [3.63, 3.8) is 0 Å². The second-order valence-corrected chi connectivity index (χ2v) is 5.46. The lowest BCUT2D eigenvalue weighted by Crippen LogP contribution is -2.16. The fraction of sp³-hybridized carbons (Fsp3) is 0.235. The van der Waals surface area contributed by atoms with Crippen LogP contribution in [0.4, 0.5) is 0 Å². The Kier molecular flexibility index (Phi) is 3.97. The Hall–Kier alpha value is -2.89. The number of rotatable bonds is 5. The molecule has 0 bridgehead atoms. The van der Waals surface area contributed by atoms with E-state index in [9.17, 15) is 4.79 Å². The van der Waals surface area contributed by atoms with Gasteiger partial charge in [0.05, 0.1) is 5.69 Å². The number of carbonyl (C=O) groups is 1. The first-order valence-electron chi connectivity index (χ1n) is 7.49. The molecule has 2 heterocycles. The molecule has 1 amide bonds. The maximum Gasteiger partial charge on any atom is 0.207 e. The largest absolute Gasteiger partial charge is 0.358 e. The van der Waals surface area contributed by atoms with Gasteiger partial charge in [-0.05, 0) is 19.4 Å². The highest BCUT2D eigenvalue weighted by Gasteiger charge is 2.17. The molecule has 0 aliphatic rings. The lowest BCUT2D eigenvalue weighted by atomic mass is 10.1. The first-order valence-corrected chi connectivity index (χ1v) is 7.49. The summed E-state index contributed by atoms with van der Waals surface area (Å²) in [7, 11) is 0. The number of hydrogen-bond acceptors (Lipinski definition) is 4. The minimum atomic E-state index is 0.526. The first kappa shape index (κ1) is 15.0. The van der Waals surface area contributed by atoms with Gasteiger partial charge < -0.3 is 11.2 Å². The van der Waals surface area contributed by atoms with E-state index in [-0.39, 0.29) is 0 Å². The number of benzene rings is 1. The number of nitrogens with zero attached hydrogens (tertiary/aromatic N) is 3. The third-order valence-corrected chi connectivity index (χ3v) is 4.09. The van der Waals surface area contributed by atoms with Crippen LogP contribution in [0.2, 0.25) is 0 Å². The maximum atomic E-state index is 10.5. The van der Waals surface area contributed by atoms with Crippen LogP contribution in [-0.4, -0.2) is 27.6 Å². The van der Waals surface area contributed by atoms with Crippen LogP contribution in [0.3, 0.4) is 0 Å². The molecule has 0 aliphatic heterocycles. The van der Waals surface area contributed by atoms with Gasteiger partial charge in [0.25, 0.3) is 0 Å². The molecule has 6 nitrogen and oxygen atoms in total. The topological polar surface area (TPSA) is 85.8 Å². The lowest BCUT2D eigenvalue weighted by Gasteiger charge is -2.08. The monoisotopic (exact) mass is 309 g/mol. The molecule has 6 heteroatoms. The van der Waals surface area contributed by atoms with E-state index >= 15 is 0 Å². The van der Waals surface area contributed by atoms with Crippen LogP contribution in [0.5, 0.6) is 0 Å². The second kappa shape index (κ2) is 6.08. The van der Waals surface area contributed by atoms with E-state index in [0.717, 1.165) is 33.5 Å². The predicted octanol–water partition coefficient (Wildman–Crippen LogP) is 1.72. The lowest BCUT2D eigenvalue weighted by molar-refractivity contribution is -0.109. The molecule has 23 heavy (non-hydrogen) atoms. The number of fused-ring (bicyclic) bond motifs is 1. The smallest absolute Gasteiger partial charge is 0.207 e. The van der Waals surface area contributed by atoms with E-state index in [0.29, 0.717) is 25.2 Å². The Morgan fingerprint density at radius 2 is 1.96 bits per heavy atom. The third kappa shape index (κ3) is 2.63. The summed E-state index contributed by atoms with van der Waals surface area (Å²) in [4.78, 5) is 19.9. The van der Waals surface area contributed by atoms with Crippen molar-refractivity contribution >= 4 is 17.4 Å². The van der Waals surface area contributed by atoms with E-state index in [1.807, 2.05) is 44.2 Å². The molecule has 0 radical (unpaired) electrons. The van der Waals surface area contributed by atoms with Crippen molar-refractivity contribution in [2.45, 2.75) is 20.3 Å². The fourth-order valence-electron chi connectivity index (χ4n) is 2.72. The number of amides is 1. The molecule has 0 fully saturated rings. The van der Waals surface area contributed by atoms with Crippen LogP contribution in [0.15, 0.2) is 30.3 Å². The van der Waals surface area contributed by atoms with Crippen molar-refractivity contribution in [1.82, 2.24) is 20.0 Å². The minimum Gasteiger partial charge on any atom is -0.358 e. The van der Waals surface area contributed by atoms with Crippen molar-refractivity contribution in [3.05, 3.63) is 47.3 Å². The summed E-state index contributed by atoms with van der Waals surface area (Å²) >= 11 is 0. The number of nitrogen functional groups attached to an aromatic ring is 1. The molecule has 1 aromatic carbocycles. The molecule has 0 aliphatic carbocycles. The highest BCUT2D eigenvalue weighted by Crippen LogP contribution is 2.27. The number of hydrogen-bond donors (Lipinski definition) is 2. The van der Waals surface area contributed by atoms with E-state index in [1.54, 1.807) is 4.68 Å². The molecule has 3 N–H and O–H groups in total. The Morgan fingerprint density at radius 1 is 1.22 bits per heavy atom. The Balaban J connectivity index is 2.20. The molecule has 0 saturated heterocycles. The fourth-order valence-corrected chi connectivity index (χ4v) is 2.72. The SMILES string of the molecule is Cc1c(C)n(N)c2nc(-c3ccccc3)nc(CCNC=O)c12. The van der Waals surface area contributed by atoms with Crippen molar-refractivity contribution in [2.24, 2.45) is 0 Å². The Bertz CT molecular complexity index is 855. The molecule has 0 unspecified atom stereocenters. The minimum absolute atomic E-state index is 0.526. The maximum absolute atomic E-state index is 10.5. The summed E-state index contributed by atoms with van der Waals surface area (Å²) in [5, 5.41) is 3.65. The van der Waals surface area contributed by atoms with Gasteiger partial charge in [0.1, 0.15) is 0 Å². The van der Waals surface area contributed by atoms with Gasteiger partial charge in [-0.25, -0.2) is 14.6 Å². The summed E-state index contributed by atoms with van der Waals surface area (Å²) in [6.07, 6.45) is 1.32. The number of carbonyl (C=O) groups excluding carboxylic acids is 1. The standard InChI is InChI=1S/C17H19N5O/c1-11-12(2)22(18)17-15(11)14(8-9-19-10-23)20-16(21-17)13-6-4-3-5-7-13/h3-7,10H,8-9,18H2,1-2H3,(H,19,23). The number of nitrogens with two attached hydrogens (primary N) is 1. The molecule has 3 rings (SSSR count). The van der Waals surface area contributed by atoms with Crippen LogP contribution in [0, 0.1) is 13.8 Å². The van der Waals surface area contributed by atoms with Crippen molar-refractivity contribution < 1.29 is 4.79 Å². The van der Waals surface area contributed by atoms with Gasteiger partial charge in [0.15, 0.2) is 11.5 Å². The Morgan fingerprint density at radius 3 is 2.65 bits per heavy atom. The van der Waals surface area contributed by atoms with Gasteiger partial charge in [-0.15, -0.1) is 0 Å². The molecule has 0 spiro atoms. The second-order valence-electron chi connectivity index (χ2n) is 5.46. The average Bonchev–Trinajstić information content (AvgIpc) is 2.80. The highest BCUT2D eigenvalue weighted by molar-refractivity contribution is 5.86. The van der Waals surface area contributed by atoms with E-state index < -0.39 is 0 Å². The summed E-state index contributed by atoms with van der Waals surface area (Å²) in [6.45, 7) is 4.51. The van der Waals surface area contributed by atoms with Gasteiger partial charge in [0, 0.05) is 29.6 Å². The van der Waals surface area contributed by atoms with Crippen LogP contribution >= 0.6 is 0 Å². The first-order chi connectivity index (χ1) is 11.1. The third-order valence-electron chi connectivity index (χ3n) is 4.09. The summed E-state index contributed by atoms with van der Waals surface area (Å²) < 4.78 is 1.61. The Labute approximate surface area is 134 Å². The van der Waals surface area contributed by atoms with Crippen LogP contribution in [-0.2, 0) is 11.2 Å². The van der Waals surface area contributed by atoms with Crippen molar-refractivity contribution in [2.75, 3.05) is 12.4 Å². The average molecular weight is 309 g/mol. The molecular formula is C17H19N5O. The zero-order chi connectivity index (χ0) is 16.4. The summed E-state index contributed by atoms with van der Waals surface area (Å²) in [5.41, 5.74) is 4.59. The van der Waals surface area contributed by atoms with Gasteiger partial charge in [-0.3, -0.25) is 4.79 Å². The number of aryl methyl sites for hydroxylation is 1. The van der Waals surface area contributed by atoms with E-state index in [1.165, 1.54) is 0 Å². The van der Waals surface area contributed by atoms with Crippen LogP contribution in [0.25, 0.3) is 22.4 Å². The quantitative estimate of drug-likeness (QED) is 0.427. The zero-order valence-electron chi connectivity index (χ0n) is 13.2. The van der Waals surface area contributed by atoms with E-state index in [4.69, 9.17) is 10.8 Å². The number of aromatic nitrogens is 3. The molecule has 3 aromatic rings. The molecule has 2 aromatic heterocycles. The van der Waals surface area contributed by atoms with Crippen molar-refractivity contribution in [1.29, 1.82) is 0 Å². The molecule has 0 atom stereocenters.